The first-order chi connectivity index (χ1) is 28.7. The van der Waals surface area contributed by atoms with Gasteiger partial charge in [0, 0.05) is 31.3 Å². The second-order valence-electron chi connectivity index (χ2n) is 16.7. The van der Waals surface area contributed by atoms with E-state index in [0.717, 1.165) is 18.0 Å². The summed E-state index contributed by atoms with van der Waals surface area (Å²) < 4.78 is 92.8. The number of fused-ring (bicyclic) bond motifs is 1. The summed E-state index contributed by atoms with van der Waals surface area (Å²) in [4.78, 5) is 47.1. The number of halogens is 4. The Labute approximate surface area is 351 Å². The lowest BCUT2D eigenvalue weighted by Crippen LogP contribution is -2.62. The molecule has 324 valence electrons. The summed E-state index contributed by atoms with van der Waals surface area (Å²) in [7, 11) is 0. The second-order valence-corrected chi connectivity index (χ2v) is 17.8. The number of pyridine rings is 1. The number of phenols is 1. The van der Waals surface area contributed by atoms with Crippen molar-refractivity contribution in [3.8, 4) is 17.0 Å². The van der Waals surface area contributed by atoms with E-state index in [2.05, 4.69) is 19.9 Å². The zero-order chi connectivity index (χ0) is 44.0. The van der Waals surface area contributed by atoms with Gasteiger partial charge in [-0.05, 0) is 77.6 Å². The summed E-state index contributed by atoms with van der Waals surface area (Å²) in [6, 6.07) is 11.9. The number of amides is 2. The first-order valence-corrected chi connectivity index (χ1v) is 20.3. The van der Waals surface area contributed by atoms with Crippen LogP contribution in [-0.4, -0.2) is 92.7 Å². The van der Waals surface area contributed by atoms with Crippen LogP contribution < -0.4 is 9.80 Å². The van der Waals surface area contributed by atoms with E-state index in [1.807, 2.05) is 11.0 Å². The van der Waals surface area contributed by atoms with Gasteiger partial charge in [0.05, 0.1) is 36.0 Å². The molecule has 20 heteroatoms. The van der Waals surface area contributed by atoms with Crippen molar-refractivity contribution in [1.29, 1.82) is 0 Å². The van der Waals surface area contributed by atoms with Gasteiger partial charge in [0.15, 0.2) is 34.7 Å². The summed E-state index contributed by atoms with van der Waals surface area (Å²) in [6.45, 7) is 9.98. The molecule has 2 aliphatic rings. The number of phenolic OH excluding ortho intramolecular Hbond substituents is 1. The van der Waals surface area contributed by atoms with Gasteiger partial charge in [-0.2, -0.15) is 9.21 Å². The highest BCUT2D eigenvalue weighted by Gasteiger charge is 2.59. The van der Waals surface area contributed by atoms with E-state index in [1.165, 1.54) is 22.9 Å². The van der Waals surface area contributed by atoms with Crippen LogP contribution in [0.25, 0.3) is 22.4 Å². The number of rotatable bonds is 8. The number of aromatic nitrogens is 5. The third-order valence-electron chi connectivity index (χ3n) is 10.00. The molecule has 2 aliphatic heterocycles. The van der Waals surface area contributed by atoms with E-state index in [4.69, 9.17) is 13.7 Å². The van der Waals surface area contributed by atoms with Gasteiger partial charge in [-0.3, -0.25) is 9.17 Å². The summed E-state index contributed by atoms with van der Waals surface area (Å²) in [5.74, 6) is -3.18. The molecule has 3 aromatic heterocycles. The first-order valence-electron chi connectivity index (χ1n) is 19.3. The predicted octanol–water partition coefficient (Wildman–Crippen LogP) is 7.68. The van der Waals surface area contributed by atoms with Crippen LogP contribution in [0.1, 0.15) is 65.5 Å². The quantitative estimate of drug-likeness (QED) is 0.152. The molecule has 5 heterocycles. The first kappa shape index (κ1) is 43.4. The van der Waals surface area contributed by atoms with Crippen molar-refractivity contribution in [2.75, 3.05) is 22.9 Å². The topological polar surface area (TPSA) is 165 Å². The van der Waals surface area contributed by atoms with E-state index < -0.39 is 70.1 Å². The van der Waals surface area contributed by atoms with Crippen LogP contribution in [0.3, 0.4) is 0 Å². The van der Waals surface area contributed by atoms with Crippen LogP contribution in [0.2, 0.25) is 0 Å². The standard InChI is InChI=1S/C41H44F4N8O7S/c1-39(2,3)58-37(55)53(38(56)59-40(4,5)6)36-32-35(47-22-48-36)51(23-49-32)20-25-15-29(26-16-28(43)31(54)17-27(26)42)46-18-30(25)50-14-10-13-41(21-50)33(34(44)45)60-61(57)52(41)19-24-11-8-7-9-12-24/h7-9,11-12,15-18,22-23,33-34,54H,10,13-14,19-21H2,1-6H3/t33-,41-,61?/m1/s1. The van der Waals surface area contributed by atoms with E-state index in [-0.39, 0.29) is 54.3 Å². The van der Waals surface area contributed by atoms with Crippen LogP contribution in [0.5, 0.6) is 5.75 Å². The molecule has 61 heavy (non-hydrogen) atoms. The molecule has 5 aromatic rings. The highest BCUT2D eigenvalue weighted by molar-refractivity contribution is 7.78. The number of benzene rings is 2. The van der Waals surface area contributed by atoms with Gasteiger partial charge in [-0.25, -0.2) is 46.3 Å². The zero-order valence-corrected chi connectivity index (χ0v) is 35.0. The van der Waals surface area contributed by atoms with E-state index in [0.29, 0.717) is 35.2 Å². The van der Waals surface area contributed by atoms with Gasteiger partial charge in [0.1, 0.15) is 23.3 Å². The van der Waals surface area contributed by atoms with E-state index in [1.54, 1.807) is 70.4 Å². The number of ether oxygens (including phenoxy) is 2. The maximum absolute atomic E-state index is 15.3. The van der Waals surface area contributed by atoms with Gasteiger partial charge in [-0.1, -0.05) is 30.3 Å². The molecule has 3 atom stereocenters. The lowest BCUT2D eigenvalue weighted by Gasteiger charge is -2.46. The Kier molecular flexibility index (Phi) is 11.8. The highest BCUT2D eigenvalue weighted by atomic mass is 32.2. The number of piperidine rings is 1. The second kappa shape index (κ2) is 16.6. The monoisotopic (exact) mass is 868 g/mol. The van der Waals surface area contributed by atoms with Crippen molar-refractivity contribution in [2.45, 2.75) is 96.7 Å². The number of nitrogens with zero attached hydrogens (tertiary/aromatic N) is 8. The minimum atomic E-state index is -2.98. The molecule has 0 bridgehead atoms. The van der Waals surface area contributed by atoms with Gasteiger partial charge in [0.2, 0.25) is 11.3 Å². The van der Waals surface area contributed by atoms with Gasteiger partial charge in [-0.15, -0.1) is 0 Å². The Morgan fingerprint density at radius 2 is 1.66 bits per heavy atom. The van der Waals surface area contributed by atoms with Crippen LogP contribution in [0, 0.1) is 11.6 Å². The number of hydrogen-bond acceptors (Lipinski definition) is 12. The van der Waals surface area contributed by atoms with E-state index in [9.17, 15) is 32.1 Å². The van der Waals surface area contributed by atoms with Crippen LogP contribution in [-0.2, 0) is 38.0 Å². The highest BCUT2D eigenvalue weighted by Crippen LogP contribution is 2.45. The van der Waals surface area contributed by atoms with Crippen LogP contribution in [0.15, 0.2) is 67.4 Å². The van der Waals surface area contributed by atoms with Crippen molar-refractivity contribution >= 4 is 46.1 Å². The van der Waals surface area contributed by atoms with Crippen molar-refractivity contribution in [3.05, 3.63) is 90.1 Å². The molecule has 15 nitrogen and oxygen atoms in total. The number of aromatic hydroxyl groups is 1. The molecule has 0 aliphatic carbocycles. The molecular formula is C41H44F4N8O7S. The average Bonchev–Trinajstić information content (AvgIpc) is 3.70. The molecule has 1 unspecified atom stereocenters. The number of hydrogen-bond donors (Lipinski definition) is 1. The third kappa shape index (κ3) is 9.01. The fourth-order valence-electron chi connectivity index (χ4n) is 7.44. The Morgan fingerprint density at radius 3 is 2.31 bits per heavy atom. The maximum Gasteiger partial charge on any atom is 0.425 e. The van der Waals surface area contributed by atoms with Gasteiger partial charge >= 0.3 is 12.2 Å². The van der Waals surface area contributed by atoms with Crippen molar-refractivity contribution in [3.63, 3.8) is 0 Å². The fraction of sp³-hybridized carbons (Fsp3) is 0.415. The summed E-state index contributed by atoms with van der Waals surface area (Å²) in [5, 5.41) is 9.83. The molecule has 1 spiro atoms. The molecule has 2 saturated heterocycles. The molecule has 1 N–H and O–H groups in total. The number of alkyl halides is 2. The largest absolute Gasteiger partial charge is 0.505 e. The summed E-state index contributed by atoms with van der Waals surface area (Å²) in [6.07, 6.45) is -2.36. The molecular weight excluding hydrogens is 825 g/mol. The van der Waals surface area contributed by atoms with Crippen molar-refractivity contribution < 1.29 is 50.1 Å². The molecule has 7 rings (SSSR count). The number of imide groups is 1. The van der Waals surface area contributed by atoms with Gasteiger partial charge in [0.25, 0.3) is 6.43 Å². The number of carbonyl (C=O) groups excluding carboxylic acids is 2. The summed E-state index contributed by atoms with van der Waals surface area (Å²) in [5.41, 5.74) is -2.05. The Balaban J connectivity index is 1.33. The van der Waals surface area contributed by atoms with E-state index >= 15 is 4.39 Å². The number of carbonyl (C=O) groups is 2. The SMILES string of the molecule is CC(C)(C)OC(=O)N(C(=O)OC(C)(C)C)c1ncnc2c1ncn2Cc1cc(-c2cc(F)c(O)cc2F)ncc1N1CCC[C@@]2(C1)[C@@H](C(F)F)OS(=O)N2Cc1ccccc1. The zero-order valence-electron chi connectivity index (χ0n) is 34.1. The van der Waals surface area contributed by atoms with Crippen LogP contribution in [0.4, 0.5) is 38.7 Å². The normalized spacial score (nSPS) is 19.8. The Hall–Kier alpha value is -5.73. The summed E-state index contributed by atoms with van der Waals surface area (Å²) >= 11 is -2.21. The lowest BCUT2D eigenvalue weighted by molar-refractivity contribution is -0.0376. The maximum atomic E-state index is 15.3. The molecule has 2 aromatic carbocycles. The van der Waals surface area contributed by atoms with Crippen molar-refractivity contribution in [2.24, 2.45) is 0 Å². The van der Waals surface area contributed by atoms with Crippen molar-refractivity contribution in [1.82, 2.24) is 28.8 Å². The fourth-order valence-corrected chi connectivity index (χ4v) is 8.79. The Bertz CT molecular complexity index is 2450. The molecule has 0 saturated carbocycles. The minimum Gasteiger partial charge on any atom is -0.505 e. The van der Waals surface area contributed by atoms with Gasteiger partial charge < -0.3 is 24.0 Å². The predicted molar refractivity (Wildman–Crippen MR) is 216 cm³/mol. The Morgan fingerprint density at radius 1 is 0.967 bits per heavy atom. The lowest BCUT2D eigenvalue weighted by atomic mass is 9.82. The minimum absolute atomic E-state index is 0.000496. The average molecular weight is 869 g/mol. The molecule has 0 radical (unpaired) electrons. The number of anilines is 2. The third-order valence-corrected chi connectivity index (χ3v) is 11.2. The van der Waals surface area contributed by atoms with Crippen LogP contribution >= 0.6 is 0 Å². The smallest absolute Gasteiger partial charge is 0.425 e. The molecule has 2 amide bonds. The number of imidazole rings is 1. The molecule has 2 fully saturated rings.